The number of benzene rings is 2. The van der Waals surface area contributed by atoms with Gasteiger partial charge in [-0.15, -0.1) is 11.3 Å². The van der Waals surface area contributed by atoms with Crippen LogP contribution in [0.2, 0.25) is 0 Å². The molecule has 2 aromatic carbocycles. The van der Waals surface area contributed by atoms with Crippen molar-refractivity contribution in [1.29, 1.82) is 0 Å². The maximum Gasteiger partial charge on any atom is 0.195 e. The third-order valence-electron chi connectivity index (χ3n) is 3.68. The third-order valence-corrected chi connectivity index (χ3v) is 4.79. The highest BCUT2D eigenvalue weighted by Gasteiger charge is 2.08. The fourth-order valence-electron chi connectivity index (χ4n) is 2.42. The van der Waals surface area contributed by atoms with Crippen LogP contribution in [0.5, 0.6) is 11.5 Å². The first-order valence-electron chi connectivity index (χ1n) is 8.72. The number of aromatic hydroxyl groups is 1. The summed E-state index contributed by atoms with van der Waals surface area (Å²) >= 11 is 1.48. The third kappa shape index (κ3) is 4.71. The minimum absolute atomic E-state index is 0.0126. The summed E-state index contributed by atoms with van der Waals surface area (Å²) in [6.07, 6.45) is 2.27. The molecule has 0 saturated carbocycles. The van der Waals surface area contributed by atoms with E-state index in [2.05, 4.69) is 12.2 Å². The first kappa shape index (κ1) is 19.2. The highest BCUT2D eigenvalue weighted by atomic mass is 32.1. The predicted molar refractivity (Wildman–Crippen MR) is 107 cm³/mol. The van der Waals surface area contributed by atoms with Gasteiger partial charge in [0.25, 0.3) is 0 Å². The van der Waals surface area contributed by atoms with Gasteiger partial charge in [-0.1, -0.05) is 27.2 Å². The Labute approximate surface area is 152 Å². The molecule has 0 aliphatic carbocycles. The van der Waals surface area contributed by atoms with E-state index in [9.17, 15) is 9.90 Å². The van der Waals surface area contributed by atoms with Gasteiger partial charge in [-0.25, -0.2) is 0 Å². The number of fused-ring (bicyclic) bond motifs is 2. The van der Waals surface area contributed by atoms with Gasteiger partial charge in [-0.05, 0) is 49.4 Å². The van der Waals surface area contributed by atoms with Gasteiger partial charge < -0.3 is 9.84 Å². The quantitative estimate of drug-likeness (QED) is 0.374. The molecule has 0 saturated heterocycles. The zero-order valence-electron chi connectivity index (χ0n) is 15.0. The lowest BCUT2D eigenvalue weighted by Gasteiger charge is -2.08. The standard InChI is InChI=1S/C18H19NO3S.C2H6/c1-2-3-8-19-11-22-13-5-7-15-17(10-13)23-16-9-12(20)4-6-14(16)18(15)21;1-2/h4-7,9-10,19-20H,2-3,8,11H2,1H3;1-2H3. The van der Waals surface area contributed by atoms with Crippen molar-refractivity contribution in [1.82, 2.24) is 5.32 Å². The van der Waals surface area contributed by atoms with Gasteiger partial charge >= 0.3 is 0 Å². The zero-order chi connectivity index (χ0) is 18.2. The first-order chi connectivity index (χ1) is 12.2. The molecule has 0 aliphatic heterocycles. The van der Waals surface area contributed by atoms with Crippen LogP contribution < -0.4 is 15.5 Å². The van der Waals surface area contributed by atoms with Gasteiger partial charge in [0.1, 0.15) is 18.2 Å². The summed E-state index contributed by atoms with van der Waals surface area (Å²) in [6.45, 7) is 7.53. The summed E-state index contributed by atoms with van der Waals surface area (Å²) < 4.78 is 7.32. The van der Waals surface area contributed by atoms with Crippen molar-refractivity contribution >= 4 is 31.5 Å². The summed E-state index contributed by atoms with van der Waals surface area (Å²) in [7, 11) is 0. The molecular formula is C20H25NO3S. The van der Waals surface area contributed by atoms with E-state index >= 15 is 0 Å². The molecular weight excluding hydrogens is 334 g/mol. The van der Waals surface area contributed by atoms with E-state index < -0.39 is 0 Å². The molecule has 0 unspecified atom stereocenters. The minimum atomic E-state index is -0.0126. The van der Waals surface area contributed by atoms with Crippen LogP contribution in [0.15, 0.2) is 41.2 Å². The normalized spacial score (nSPS) is 10.5. The second-order valence-electron chi connectivity index (χ2n) is 5.41. The Morgan fingerprint density at radius 3 is 2.48 bits per heavy atom. The maximum absolute atomic E-state index is 12.5. The molecule has 2 N–H and O–H groups in total. The number of rotatable bonds is 6. The Kier molecular flexibility index (Phi) is 7.22. The van der Waals surface area contributed by atoms with E-state index in [4.69, 9.17) is 4.74 Å². The van der Waals surface area contributed by atoms with E-state index in [1.165, 1.54) is 11.3 Å². The summed E-state index contributed by atoms with van der Waals surface area (Å²) in [4.78, 5) is 12.5. The van der Waals surface area contributed by atoms with Crippen molar-refractivity contribution < 1.29 is 9.84 Å². The van der Waals surface area contributed by atoms with Gasteiger partial charge in [-0.2, -0.15) is 0 Å². The summed E-state index contributed by atoms with van der Waals surface area (Å²) in [5.74, 6) is 0.900. The van der Waals surface area contributed by atoms with Crippen molar-refractivity contribution in [3.8, 4) is 11.5 Å². The summed E-state index contributed by atoms with van der Waals surface area (Å²) in [5, 5.41) is 14.1. The number of phenolic OH excluding ortho intramolecular Hbond substituents is 1. The number of unbranched alkanes of at least 4 members (excludes halogenated alkanes) is 1. The van der Waals surface area contributed by atoms with Crippen LogP contribution in [0.1, 0.15) is 33.6 Å². The fraction of sp³-hybridized carbons (Fsp3) is 0.350. The Hall–Kier alpha value is -2.11. The highest BCUT2D eigenvalue weighted by Crippen LogP contribution is 2.29. The van der Waals surface area contributed by atoms with Crippen LogP contribution >= 0.6 is 11.3 Å². The van der Waals surface area contributed by atoms with E-state index in [1.54, 1.807) is 18.2 Å². The molecule has 134 valence electrons. The Bertz CT molecular complexity index is 889. The molecule has 0 spiro atoms. The van der Waals surface area contributed by atoms with Crippen LogP contribution in [0.25, 0.3) is 20.2 Å². The summed E-state index contributed by atoms with van der Waals surface area (Å²) in [5.41, 5.74) is -0.0126. The SMILES string of the molecule is CC.CCCCNCOc1ccc2c(=O)c3ccc(O)cc3sc2c1. The lowest BCUT2D eigenvalue weighted by atomic mass is 10.2. The van der Waals surface area contributed by atoms with Crippen molar-refractivity contribution in [3.05, 3.63) is 46.6 Å². The van der Waals surface area contributed by atoms with Crippen LogP contribution in [0.3, 0.4) is 0 Å². The largest absolute Gasteiger partial charge is 0.508 e. The van der Waals surface area contributed by atoms with E-state index in [0.29, 0.717) is 17.5 Å². The lowest BCUT2D eigenvalue weighted by Crippen LogP contribution is -2.21. The number of nitrogens with one attached hydrogen (secondary N) is 1. The molecule has 4 nitrogen and oxygen atoms in total. The number of hydrogen-bond donors (Lipinski definition) is 2. The van der Waals surface area contributed by atoms with Crippen LogP contribution in [0, 0.1) is 0 Å². The zero-order valence-corrected chi connectivity index (χ0v) is 15.8. The maximum atomic E-state index is 12.5. The first-order valence-corrected chi connectivity index (χ1v) is 9.54. The van der Waals surface area contributed by atoms with Crippen molar-refractivity contribution in [2.45, 2.75) is 33.6 Å². The Balaban J connectivity index is 0.00000109. The number of phenols is 1. The highest BCUT2D eigenvalue weighted by molar-refractivity contribution is 7.24. The molecule has 1 aromatic heterocycles. The van der Waals surface area contributed by atoms with Crippen molar-refractivity contribution in [3.63, 3.8) is 0 Å². The molecule has 0 aliphatic rings. The number of hydrogen-bond acceptors (Lipinski definition) is 5. The number of ether oxygens (including phenoxy) is 1. The lowest BCUT2D eigenvalue weighted by molar-refractivity contribution is 0.283. The second kappa shape index (κ2) is 9.39. The summed E-state index contributed by atoms with van der Waals surface area (Å²) in [6, 6.07) is 10.4. The van der Waals surface area contributed by atoms with Crippen LogP contribution in [0.4, 0.5) is 0 Å². The molecule has 5 heteroatoms. The molecule has 3 rings (SSSR count). The smallest absolute Gasteiger partial charge is 0.195 e. The average molecular weight is 359 g/mol. The molecule has 3 aromatic rings. The van der Waals surface area contributed by atoms with Crippen LogP contribution in [-0.4, -0.2) is 18.4 Å². The van der Waals surface area contributed by atoms with Gasteiger partial charge in [0.2, 0.25) is 0 Å². The molecule has 0 amide bonds. The van der Waals surface area contributed by atoms with E-state index in [1.807, 2.05) is 32.0 Å². The molecule has 0 radical (unpaired) electrons. The fourth-order valence-corrected chi connectivity index (χ4v) is 3.55. The molecule has 0 atom stereocenters. The van der Waals surface area contributed by atoms with E-state index in [-0.39, 0.29) is 11.2 Å². The van der Waals surface area contributed by atoms with E-state index in [0.717, 1.165) is 34.5 Å². The van der Waals surface area contributed by atoms with Gasteiger partial charge in [0, 0.05) is 20.2 Å². The molecule has 0 bridgehead atoms. The van der Waals surface area contributed by atoms with Crippen molar-refractivity contribution in [2.75, 3.05) is 13.3 Å². The van der Waals surface area contributed by atoms with Crippen molar-refractivity contribution in [2.24, 2.45) is 0 Å². The minimum Gasteiger partial charge on any atom is -0.508 e. The van der Waals surface area contributed by atoms with Gasteiger partial charge in [0.05, 0.1) is 0 Å². The topological polar surface area (TPSA) is 58.6 Å². The predicted octanol–water partition coefficient (Wildman–Crippen LogP) is 4.87. The van der Waals surface area contributed by atoms with Gasteiger partial charge in [0.15, 0.2) is 5.43 Å². The van der Waals surface area contributed by atoms with Crippen LogP contribution in [-0.2, 0) is 0 Å². The Morgan fingerprint density at radius 2 is 1.76 bits per heavy atom. The molecule has 0 fully saturated rings. The Morgan fingerprint density at radius 1 is 1.08 bits per heavy atom. The van der Waals surface area contributed by atoms with Gasteiger partial charge in [-0.3, -0.25) is 10.1 Å². The monoisotopic (exact) mass is 359 g/mol. The average Bonchev–Trinajstić information content (AvgIpc) is 2.63. The second-order valence-corrected chi connectivity index (χ2v) is 6.50. The molecule has 1 heterocycles. The molecule has 25 heavy (non-hydrogen) atoms.